The number of allylic oxidation sites excluding steroid dienone is 1. The smallest absolute Gasteiger partial charge is 0.136 e. The fourth-order valence-corrected chi connectivity index (χ4v) is 1.13. The summed E-state index contributed by atoms with van der Waals surface area (Å²) in [6.07, 6.45) is 5.51. The van der Waals surface area contributed by atoms with Gasteiger partial charge in [-0.25, -0.2) is 0 Å². The summed E-state index contributed by atoms with van der Waals surface area (Å²) in [6, 6.07) is 0. The summed E-state index contributed by atoms with van der Waals surface area (Å²) >= 11 is 0. The average molecular weight is 139 g/mol. The van der Waals surface area contributed by atoms with Crippen LogP contribution in [-0.2, 0) is 4.79 Å². The predicted molar refractivity (Wildman–Crippen MR) is 40.6 cm³/mol. The first-order chi connectivity index (χ1) is 4.83. The van der Waals surface area contributed by atoms with Crippen molar-refractivity contribution in [2.45, 2.75) is 19.8 Å². The molecule has 1 aliphatic rings. The maximum absolute atomic E-state index is 10.8. The van der Waals surface area contributed by atoms with Crippen LogP contribution in [-0.4, -0.2) is 23.8 Å². The number of piperidine rings is 1. The first-order valence-corrected chi connectivity index (χ1v) is 3.71. The molecule has 0 aromatic rings. The highest BCUT2D eigenvalue weighted by Crippen LogP contribution is 2.04. The van der Waals surface area contributed by atoms with Crippen LogP contribution in [0, 0.1) is 0 Å². The number of carbonyl (C=O) groups excluding carboxylic acids is 1. The van der Waals surface area contributed by atoms with Crippen LogP contribution < -0.4 is 0 Å². The lowest BCUT2D eigenvalue weighted by atomic mass is 10.1. The zero-order valence-electron chi connectivity index (χ0n) is 6.34. The molecule has 0 atom stereocenters. The van der Waals surface area contributed by atoms with Crippen LogP contribution in [0.3, 0.4) is 0 Å². The van der Waals surface area contributed by atoms with Gasteiger partial charge >= 0.3 is 0 Å². The lowest BCUT2D eigenvalue weighted by Gasteiger charge is -2.23. The number of hydrogen-bond donors (Lipinski definition) is 0. The zero-order valence-corrected chi connectivity index (χ0v) is 6.34. The van der Waals surface area contributed by atoms with Gasteiger partial charge < -0.3 is 4.90 Å². The van der Waals surface area contributed by atoms with E-state index in [1.54, 1.807) is 0 Å². The second-order valence-electron chi connectivity index (χ2n) is 2.56. The summed E-state index contributed by atoms with van der Waals surface area (Å²) in [5.74, 6) is 0.403. The van der Waals surface area contributed by atoms with Gasteiger partial charge in [-0.3, -0.25) is 4.79 Å². The Hall–Kier alpha value is -0.790. The Labute approximate surface area is 61.5 Å². The highest BCUT2D eigenvalue weighted by Gasteiger charge is 2.11. The number of rotatable bonds is 1. The SMILES string of the molecule is CC=CN1CCC(=O)CC1. The molecular formula is C8H13NO. The molecule has 1 rings (SSSR count). The molecule has 1 aliphatic heterocycles. The van der Waals surface area contributed by atoms with Gasteiger partial charge in [-0.2, -0.15) is 0 Å². The molecule has 0 saturated carbocycles. The Kier molecular flexibility index (Phi) is 2.49. The van der Waals surface area contributed by atoms with Crippen LogP contribution in [0.2, 0.25) is 0 Å². The minimum Gasteiger partial charge on any atom is -0.377 e. The first kappa shape index (κ1) is 7.32. The first-order valence-electron chi connectivity index (χ1n) is 3.71. The maximum Gasteiger partial charge on any atom is 0.136 e. The minimum atomic E-state index is 0.403. The van der Waals surface area contributed by atoms with Crippen molar-refractivity contribution in [1.29, 1.82) is 0 Å². The molecule has 0 bridgehead atoms. The van der Waals surface area contributed by atoms with Gasteiger partial charge in [-0.1, -0.05) is 6.08 Å². The van der Waals surface area contributed by atoms with E-state index in [0.29, 0.717) is 5.78 Å². The number of hydrogen-bond acceptors (Lipinski definition) is 2. The van der Waals surface area contributed by atoms with Crippen molar-refractivity contribution in [3.63, 3.8) is 0 Å². The van der Waals surface area contributed by atoms with Crippen molar-refractivity contribution in [3.05, 3.63) is 12.3 Å². The van der Waals surface area contributed by atoms with E-state index in [0.717, 1.165) is 25.9 Å². The van der Waals surface area contributed by atoms with E-state index in [1.165, 1.54) is 0 Å². The fourth-order valence-electron chi connectivity index (χ4n) is 1.13. The van der Waals surface area contributed by atoms with Gasteiger partial charge in [0.25, 0.3) is 0 Å². The molecule has 0 unspecified atom stereocenters. The van der Waals surface area contributed by atoms with Gasteiger partial charge in [0.2, 0.25) is 0 Å². The largest absolute Gasteiger partial charge is 0.377 e. The van der Waals surface area contributed by atoms with Crippen molar-refractivity contribution in [2.24, 2.45) is 0 Å². The molecule has 0 N–H and O–H groups in total. The maximum atomic E-state index is 10.8. The number of likely N-dealkylation sites (tertiary alicyclic amines) is 1. The van der Waals surface area contributed by atoms with Crippen molar-refractivity contribution in [1.82, 2.24) is 4.90 Å². The minimum absolute atomic E-state index is 0.403. The third-order valence-corrected chi connectivity index (χ3v) is 1.72. The lowest BCUT2D eigenvalue weighted by molar-refractivity contribution is -0.120. The van der Waals surface area contributed by atoms with E-state index in [1.807, 2.05) is 19.2 Å². The molecule has 56 valence electrons. The van der Waals surface area contributed by atoms with E-state index < -0.39 is 0 Å². The highest BCUT2D eigenvalue weighted by molar-refractivity contribution is 5.79. The van der Waals surface area contributed by atoms with Crippen LogP contribution in [0.25, 0.3) is 0 Å². The van der Waals surface area contributed by atoms with Crippen LogP contribution in [0.15, 0.2) is 12.3 Å². The molecule has 0 radical (unpaired) electrons. The predicted octanol–water partition coefficient (Wildman–Crippen LogP) is 1.18. The zero-order chi connectivity index (χ0) is 7.40. The molecule has 0 aromatic heterocycles. The standard InChI is InChI=1S/C8H13NO/c1-2-5-9-6-3-8(10)4-7-9/h2,5H,3-4,6-7H2,1H3. The summed E-state index contributed by atoms with van der Waals surface area (Å²) in [7, 11) is 0. The number of nitrogens with zero attached hydrogens (tertiary/aromatic N) is 1. The van der Waals surface area contributed by atoms with Gasteiger partial charge in [0, 0.05) is 25.9 Å². The van der Waals surface area contributed by atoms with Crippen LogP contribution in [0.1, 0.15) is 19.8 Å². The van der Waals surface area contributed by atoms with Gasteiger partial charge in [-0.15, -0.1) is 0 Å². The number of Topliss-reactive ketones (excluding diaryl/α,β-unsaturated/α-hetero) is 1. The molecule has 1 fully saturated rings. The highest BCUT2D eigenvalue weighted by atomic mass is 16.1. The van der Waals surface area contributed by atoms with E-state index in [4.69, 9.17) is 0 Å². The van der Waals surface area contributed by atoms with Crippen molar-refractivity contribution in [3.8, 4) is 0 Å². The Bertz CT molecular complexity index is 141. The average Bonchev–Trinajstić information content (AvgIpc) is 1.95. The molecule has 2 heteroatoms. The number of ketones is 1. The Balaban J connectivity index is 2.32. The summed E-state index contributed by atoms with van der Waals surface area (Å²) < 4.78 is 0. The summed E-state index contributed by atoms with van der Waals surface area (Å²) in [5, 5.41) is 0. The third kappa shape index (κ3) is 1.87. The van der Waals surface area contributed by atoms with E-state index in [9.17, 15) is 4.79 Å². The van der Waals surface area contributed by atoms with E-state index >= 15 is 0 Å². The van der Waals surface area contributed by atoms with Crippen LogP contribution in [0.4, 0.5) is 0 Å². The van der Waals surface area contributed by atoms with Gasteiger partial charge in [0.05, 0.1) is 0 Å². The molecule has 0 amide bonds. The van der Waals surface area contributed by atoms with Crippen molar-refractivity contribution in [2.75, 3.05) is 13.1 Å². The second-order valence-corrected chi connectivity index (χ2v) is 2.56. The molecule has 1 heterocycles. The van der Waals surface area contributed by atoms with Crippen LogP contribution in [0.5, 0.6) is 0 Å². The molecule has 0 aromatic carbocycles. The van der Waals surface area contributed by atoms with Gasteiger partial charge in [0.1, 0.15) is 5.78 Å². The molecule has 1 saturated heterocycles. The molecular weight excluding hydrogens is 126 g/mol. The Morgan fingerprint density at radius 2 is 2.00 bits per heavy atom. The van der Waals surface area contributed by atoms with E-state index in [2.05, 4.69) is 4.90 Å². The fraction of sp³-hybridized carbons (Fsp3) is 0.625. The molecule has 10 heavy (non-hydrogen) atoms. The molecule has 0 spiro atoms. The topological polar surface area (TPSA) is 20.3 Å². The summed E-state index contributed by atoms with van der Waals surface area (Å²) in [4.78, 5) is 12.9. The monoisotopic (exact) mass is 139 g/mol. The third-order valence-electron chi connectivity index (χ3n) is 1.72. The Morgan fingerprint density at radius 3 is 2.50 bits per heavy atom. The van der Waals surface area contributed by atoms with E-state index in [-0.39, 0.29) is 0 Å². The van der Waals surface area contributed by atoms with Gasteiger partial charge in [0.15, 0.2) is 0 Å². The van der Waals surface area contributed by atoms with Crippen molar-refractivity contribution < 1.29 is 4.79 Å². The normalized spacial score (nSPS) is 20.5. The lowest BCUT2D eigenvalue weighted by Crippen LogP contribution is -2.29. The Morgan fingerprint density at radius 1 is 1.40 bits per heavy atom. The van der Waals surface area contributed by atoms with Gasteiger partial charge in [-0.05, 0) is 13.1 Å². The summed E-state index contributed by atoms with van der Waals surface area (Å²) in [5.41, 5.74) is 0. The number of carbonyl (C=O) groups is 1. The quantitative estimate of drug-likeness (QED) is 0.543. The molecule has 0 aliphatic carbocycles. The van der Waals surface area contributed by atoms with Crippen LogP contribution >= 0.6 is 0 Å². The molecule has 2 nitrogen and oxygen atoms in total. The summed E-state index contributed by atoms with van der Waals surface area (Å²) in [6.45, 7) is 3.81. The second kappa shape index (κ2) is 3.40. The van der Waals surface area contributed by atoms with Crippen molar-refractivity contribution >= 4 is 5.78 Å².